The van der Waals surface area contributed by atoms with Gasteiger partial charge in [-0.2, -0.15) is 0 Å². The summed E-state index contributed by atoms with van der Waals surface area (Å²) in [5.41, 5.74) is 4.75. The van der Waals surface area contributed by atoms with Crippen molar-refractivity contribution in [3.8, 4) is 0 Å². The van der Waals surface area contributed by atoms with Gasteiger partial charge >= 0.3 is 0 Å². The Morgan fingerprint density at radius 1 is 1.15 bits per heavy atom. The molecule has 0 heterocycles. The molecule has 3 atom stereocenters. The van der Waals surface area contributed by atoms with Crippen LogP contribution < -0.4 is 0 Å². The van der Waals surface area contributed by atoms with Crippen molar-refractivity contribution in [2.45, 2.75) is 70.8 Å². The molecule has 3 aliphatic rings. The predicted octanol–water partition coefficient (Wildman–Crippen LogP) is 4.93. The number of hydrogen-bond donors (Lipinski definition) is 1. The SMILES string of the molecule is C=C1CC[C@@H](O)C/C1=C/C=C1\CCC[C@]2(C)CCCC12. The molecule has 3 aliphatic carbocycles. The van der Waals surface area contributed by atoms with Gasteiger partial charge in [-0.3, -0.25) is 0 Å². The van der Waals surface area contributed by atoms with Crippen molar-refractivity contribution >= 4 is 0 Å². The topological polar surface area (TPSA) is 20.2 Å². The third-order valence-corrected chi connectivity index (χ3v) is 5.93. The molecule has 0 bridgehead atoms. The first-order chi connectivity index (χ1) is 9.58. The molecular weight excluding hydrogens is 244 g/mol. The van der Waals surface area contributed by atoms with Gasteiger partial charge in [-0.15, -0.1) is 0 Å². The van der Waals surface area contributed by atoms with Crippen LogP contribution in [-0.2, 0) is 0 Å². The molecular formula is C19H28O. The number of aliphatic hydroxyl groups excluding tert-OH is 1. The lowest BCUT2D eigenvalue weighted by molar-refractivity contribution is 0.158. The Hall–Kier alpha value is -0.820. The highest BCUT2D eigenvalue weighted by Crippen LogP contribution is 2.54. The highest BCUT2D eigenvalue weighted by molar-refractivity contribution is 5.36. The summed E-state index contributed by atoms with van der Waals surface area (Å²) >= 11 is 0. The number of rotatable bonds is 1. The van der Waals surface area contributed by atoms with E-state index in [-0.39, 0.29) is 6.10 Å². The van der Waals surface area contributed by atoms with Gasteiger partial charge in [0.05, 0.1) is 6.10 Å². The molecule has 0 radical (unpaired) electrons. The second kappa shape index (κ2) is 5.52. The summed E-state index contributed by atoms with van der Waals surface area (Å²) in [6, 6.07) is 0. The Labute approximate surface area is 123 Å². The van der Waals surface area contributed by atoms with Gasteiger partial charge in [-0.25, -0.2) is 0 Å². The lowest BCUT2D eigenvalue weighted by Crippen LogP contribution is -2.27. The van der Waals surface area contributed by atoms with Gasteiger partial charge in [-0.05, 0) is 68.3 Å². The molecule has 0 amide bonds. The number of hydrogen-bond acceptors (Lipinski definition) is 1. The maximum atomic E-state index is 9.82. The van der Waals surface area contributed by atoms with E-state index in [0.717, 1.165) is 25.2 Å². The molecule has 1 nitrogen and oxygen atoms in total. The standard InChI is InChI=1S/C19H28O/c1-14-7-10-17(20)13-16(14)9-8-15-5-3-11-19(2)12-4-6-18(15)19/h8-9,17-18,20H,1,3-7,10-13H2,2H3/b15-8+,16-9-/t17-,18?,19-/m1/s1. The normalized spacial score (nSPS) is 42.2. The van der Waals surface area contributed by atoms with Gasteiger partial charge < -0.3 is 5.11 Å². The average molecular weight is 272 g/mol. The third kappa shape index (κ3) is 2.65. The van der Waals surface area contributed by atoms with Crippen LogP contribution in [0, 0.1) is 11.3 Å². The van der Waals surface area contributed by atoms with Gasteiger partial charge in [0.15, 0.2) is 0 Å². The second-order valence-corrected chi connectivity index (χ2v) is 7.39. The Balaban J connectivity index is 1.79. The van der Waals surface area contributed by atoms with E-state index >= 15 is 0 Å². The molecule has 1 N–H and O–H groups in total. The fourth-order valence-electron chi connectivity index (χ4n) is 4.63. The lowest BCUT2D eigenvalue weighted by Gasteiger charge is -2.38. The Kier molecular flexibility index (Phi) is 3.90. The van der Waals surface area contributed by atoms with Gasteiger partial charge in [0.25, 0.3) is 0 Å². The van der Waals surface area contributed by atoms with Crippen LogP contribution in [0.1, 0.15) is 64.7 Å². The fourth-order valence-corrected chi connectivity index (χ4v) is 4.63. The van der Waals surface area contributed by atoms with Crippen LogP contribution >= 0.6 is 0 Å². The van der Waals surface area contributed by atoms with Crippen LogP contribution in [0.3, 0.4) is 0 Å². The lowest BCUT2D eigenvalue weighted by atomic mass is 9.67. The predicted molar refractivity (Wildman–Crippen MR) is 84.5 cm³/mol. The quantitative estimate of drug-likeness (QED) is 0.717. The van der Waals surface area contributed by atoms with Crippen LogP contribution in [0.15, 0.2) is 35.5 Å². The minimum atomic E-state index is -0.159. The average Bonchev–Trinajstić information content (AvgIpc) is 2.82. The molecule has 110 valence electrons. The fraction of sp³-hybridized carbons (Fsp3) is 0.684. The molecule has 0 saturated heterocycles. The molecule has 1 heteroatoms. The summed E-state index contributed by atoms with van der Waals surface area (Å²) < 4.78 is 0. The highest BCUT2D eigenvalue weighted by Gasteiger charge is 2.42. The maximum absolute atomic E-state index is 9.82. The van der Waals surface area contributed by atoms with Crippen molar-refractivity contribution in [1.82, 2.24) is 0 Å². The largest absolute Gasteiger partial charge is 0.393 e. The first-order valence-electron chi connectivity index (χ1n) is 8.34. The third-order valence-electron chi connectivity index (χ3n) is 5.93. The van der Waals surface area contributed by atoms with Crippen molar-refractivity contribution in [2.75, 3.05) is 0 Å². The Bertz CT molecular complexity index is 456. The number of aliphatic hydroxyl groups is 1. The summed E-state index contributed by atoms with van der Waals surface area (Å²) in [4.78, 5) is 0. The molecule has 0 spiro atoms. The van der Waals surface area contributed by atoms with Crippen LogP contribution in [0.5, 0.6) is 0 Å². The van der Waals surface area contributed by atoms with Gasteiger partial charge in [0, 0.05) is 0 Å². The molecule has 3 fully saturated rings. The van der Waals surface area contributed by atoms with E-state index in [9.17, 15) is 5.11 Å². The van der Waals surface area contributed by atoms with Crippen LogP contribution in [0.25, 0.3) is 0 Å². The van der Waals surface area contributed by atoms with E-state index in [1.54, 1.807) is 5.57 Å². The zero-order valence-corrected chi connectivity index (χ0v) is 12.8. The molecule has 0 aromatic rings. The van der Waals surface area contributed by atoms with E-state index in [1.807, 2.05) is 0 Å². The minimum Gasteiger partial charge on any atom is -0.393 e. The smallest absolute Gasteiger partial charge is 0.0583 e. The monoisotopic (exact) mass is 272 g/mol. The maximum Gasteiger partial charge on any atom is 0.0583 e. The van der Waals surface area contributed by atoms with Crippen molar-refractivity contribution in [2.24, 2.45) is 11.3 Å². The molecule has 3 saturated carbocycles. The van der Waals surface area contributed by atoms with Gasteiger partial charge in [0.2, 0.25) is 0 Å². The Morgan fingerprint density at radius 2 is 1.95 bits per heavy atom. The van der Waals surface area contributed by atoms with Crippen molar-refractivity contribution in [3.05, 3.63) is 35.5 Å². The highest BCUT2D eigenvalue weighted by atomic mass is 16.3. The summed E-state index contributed by atoms with van der Waals surface area (Å²) in [6.45, 7) is 6.66. The van der Waals surface area contributed by atoms with E-state index in [1.165, 1.54) is 49.7 Å². The molecule has 3 rings (SSSR count). The van der Waals surface area contributed by atoms with Crippen LogP contribution in [0.4, 0.5) is 0 Å². The Morgan fingerprint density at radius 3 is 2.80 bits per heavy atom. The first-order valence-corrected chi connectivity index (χ1v) is 8.34. The van der Waals surface area contributed by atoms with E-state index in [2.05, 4.69) is 25.7 Å². The summed E-state index contributed by atoms with van der Waals surface area (Å²) in [5, 5.41) is 9.82. The molecule has 0 aromatic carbocycles. The van der Waals surface area contributed by atoms with Gasteiger partial charge in [0.1, 0.15) is 0 Å². The van der Waals surface area contributed by atoms with Crippen LogP contribution in [0.2, 0.25) is 0 Å². The number of allylic oxidation sites excluding steroid dienone is 4. The summed E-state index contributed by atoms with van der Waals surface area (Å²) in [7, 11) is 0. The van der Waals surface area contributed by atoms with Crippen LogP contribution in [-0.4, -0.2) is 11.2 Å². The molecule has 0 aromatic heterocycles. The van der Waals surface area contributed by atoms with E-state index < -0.39 is 0 Å². The van der Waals surface area contributed by atoms with Crippen molar-refractivity contribution < 1.29 is 5.11 Å². The number of fused-ring (bicyclic) bond motifs is 1. The second-order valence-electron chi connectivity index (χ2n) is 7.39. The molecule has 20 heavy (non-hydrogen) atoms. The summed E-state index contributed by atoms with van der Waals surface area (Å²) in [6.07, 6.45) is 15.4. The summed E-state index contributed by atoms with van der Waals surface area (Å²) in [5.74, 6) is 0.815. The minimum absolute atomic E-state index is 0.159. The zero-order valence-electron chi connectivity index (χ0n) is 12.8. The molecule has 0 aliphatic heterocycles. The molecule has 1 unspecified atom stereocenters. The van der Waals surface area contributed by atoms with Gasteiger partial charge in [-0.1, -0.05) is 43.2 Å². The van der Waals surface area contributed by atoms with Crippen molar-refractivity contribution in [3.63, 3.8) is 0 Å². The zero-order chi connectivity index (χ0) is 14.2. The van der Waals surface area contributed by atoms with E-state index in [4.69, 9.17) is 0 Å². The first kappa shape index (κ1) is 14.1. The van der Waals surface area contributed by atoms with Crippen molar-refractivity contribution in [1.29, 1.82) is 0 Å². The van der Waals surface area contributed by atoms with E-state index in [0.29, 0.717) is 5.41 Å².